The van der Waals surface area contributed by atoms with Gasteiger partial charge >= 0.3 is 0 Å². The van der Waals surface area contributed by atoms with Crippen LogP contribution in [-0.4, -0.2) is 30.8 Å². The molecule has 2 aromatic carbocycles. The average molecular weight is 382 g/mol. The van der Waals surface area contributed by atoms with Crippen LogP contribution in [0.1, 0.15) is 31.1 Å². The topological polar surface area (TPSA) is 99.3 Å². The zero-order valence-corrected chi connectivity index (χ0v) is 16.3. The van der Waals surface area contributed by atoms with Crippen molar-refractivity contribution in [2.45, 2.75) is 20.8 Å². The predicted molar refractivity (Wildman–Crippen MR) is 111 cm³/mol. The van der Waals surface area contributed by atoms with Crippen LogP contribution >= 0.6 is 0 Å². The molecule has 2 rings (SSSR count). The number of rotatable bonds is 8. The Morgan fingerprint density at radius 3 is 2.21 bits per heavy atom. The van der Waals surface area contributed by atoms with Gasteiger partial charge in [0, 0.05) is 35.1 Å². The zero-order chi connectivity index (χ0) is 20.5. The lowest BCUT2D eigenvalue weighted by Crippen LogP contribution is -2.24. The van der Waals surface area contributed by atoms with Gasteiger partial charge in [0.1, 0.15) is 0 Å². The number of hydrogen-bond acceptors (Lipinski definition) is 4. The highest BCUT2D eigenvalue weighted by Crippen LogP contribution is 2.16. The summed E-state index contributed by atoms with van der Waals surface area (Å²) < 4.78 is 0. The van der Waals surface area contributed by atoms with Gasteiger partial charge in [-0.3, -0.25) is 14.4 Å². The summed E-state index contributed by atoms with van der Waals surface area (Å²) in [5.41, 5.74) is 2.42. The van der Waals surface area contributed by atoms with Crippen LogP contribution in [0, 0.1) is 5.92 Å². The Kier molecular flexibility index (Phi) is 7.56. The number of hydrogen-bond donors (Lipinski definition) is 4. The monoisotopic (exact) mass is 382 g/mol. The zero-order valence-electron chi connectivity index (χ0n) is 16.3. The Hall–Kier alpha value is -3.35. The largest absolute Gasteiger partial charge is 0.376 e. The van der Waals surface area contributed by atoms with E-state index in [-0.39, 0.29) is 30.2 Å². The molecule has 0 aliphatic heterocycles. The summed E-state index contributed by atoms with van der Waals surface area (Å²) >= 11 is 0. The molecule has 4 N–H and O–H groups in total. The maximum absolute atomic E-state index is 12.2. The molecule has 0 aliphatic rings. The third-order valence-electron chi connectivity index (χ3n) is 3.85. The lowest BCUT2D eigenvalue weighted by molar-refractivity contribution is -0.119. The number of carbonyl (C=O) groups excluding carboxylic acids is 3. The summed E-state index contributed by atoms with van der Waals surface area (Å²) in [6, 6.07) is 13.9. The smallest absolute Gasteiger partial charge is 0.251 e. The van der Waals surface area contributed by atoms with Gasteiger partial charge in [-0.25, -0.2) is 0 Å². The molecular weight excluding hydrogens is 356 g/mol. The maximum atomic E-state index is 12.2. The van der Waals surface area contributed by atoms with Crippen molar-refractivity contribution >= 4 is 34.8 Å². The van der Waals surface area contributed by atoms with Crippen LogP contribution in [-0.2, 0) is 9.59 Å². The molecule has 3 amide bonds. The average Bonchev–Trinajstić information content (AvgIpc) is 2.67. The first kappa shape index (κ1) is 21.0. The highest BCUT2D eigenvalue weighted by atomic mass is 16.2. The molecule has 0 atom stereocenters. The molecule has 7 heteroatoms. The van der Waals surface area contributed by atoms with Gasteiger partial charge in [-0.05, 0) is 43.3 Å². The van der Waals surface area contributed by atoms with Gasteiger partial charge in [-0.2, -0.15) is 0 Å². The van der Waals surface area contributed by atoms with Crippen LogP contribution < -0.4 is 21.3 Å². The highest BCUT2D eigenvalue weighted by molar-refractivity contribution is 5.97. The third kappa shape index (κ3) is 6.42. The van der Waals surface area contributed by atoms with Gasteiger partial charge in [0.25, 0.3) is 5.91 Å². The molecule has 0 bridgehead atoms. The first-order valence-electron chi connectivity index (χ1n) is 9.22. The summed E-state index contributed by atoms with van der Waals surface area (Å²) in [6.07, 6.45) is 0. The number of carbonyl (C=O) groups is 3. The minimum absolute atomic E-state index is 0.0431. The molecule has 0 heterocycles. The fourth-order valence-electron chi connectivity index (χ4n) is 2.38. The highest BCUT2D eigenvalue weighted by Gasteiger charge is 2.09. The molecule has 0 saturated carbocycles. The van der Waals surface area contributed by atoms with Gasteiger partial charge in [-0.15, -0.1) is 0 Å². The summed E-state index contributed by atoms with van der Waals surface area (Å²) in [5, 5.41) is 11.3. The van der Waals surface area contributed by atoms with Crippen molar-refractivity contribution in [3.63, 3.8) is 0 Å². The van der Waals surface area contributed by atoms with Crippen LogP contribution in [0.15, 0.2) is 48.5 Å². The Bertz CT molecular complexity index is 849. The van der Waals surface area contributed by atoms with Crippen molar-refractivity contribution in [2.75, 3.05) is 29.0 Å². The summed E-state index contributed by atoms with van der Waals surface area (Å²) in [5.74, 6) is -0.610. The van der Waals surface area contributed by atoms with E-state index in [4.69, 9.17) is 0 Å². The molecule has 0 aliphatic carbocycles. The van der Waals surface area contributed by atoms with Crippen molar-refractivity contribution in [1.29, 1.82) is 0 Å². The third-order valence-corrected chi connectivity index (χ3v) is 3.85. The second-order valence-corrected chi connectivity index (χ2v) is 6.57. The normalized spacial score (nSPS) is 10.3. The lowest BCUT2D eigenvalue weighted by Gasteiger charge is -2.11. The fraction of sp³-hybridized carbons (Fsp3) is 0.286. The van der Waals surface area contributed by atoms with E-state index in [2.05, 4.69) is 21.3 Å². The Morgan fingerprint density at radius 2 is 1.54 bits per heavy atom. The number of amides is 3. The molecule has 0 fully saturated rings. The van der Waals surface area contributed by atoms with Crippen LogP contribution in [0.4, 0.5) is 17.1 Å². The molecule has 0 unspecified atom stereocenters. The first-order valence-corrected chi connectivity index (χ1v) is 9.22. The molecular formula is C21H26N4O3. The summed E-state index contributed by atoms with van der Waals surface area (Å²) in [4.78, 5) is 35.9. The van der Waals surface area contributed by atoms with Crippen LogP contribution in [0.3, 0.4) is 0 Å². The number of nitrogens with one attached hydrogen (secondary N) is 4. The van der Waals surface area contributed by atoms with Gasteiger partial charge in [0.15, 0.2) is 0 Å². The SMILES string of the molecule is CCNC(=O)c1cccc(NCC(=O)Nc2cccc(NC(=O)C(C)C)c2)c1. The molecule has 0 radical (unpaired) electrons. The second-order valence-electron chi connectivity index (χ2n) is 6.57. The summed E-state index contributed by atoms with van der Waals surface area (Å²) in [7, 11) is 0. The maximum Gasteiger partial charge on any atom is 0.251 e. The quantitative estimate of drug-likeness (QED) is 0.564. The fourth-order valence-corrected chi connectivity index (χ4v) is 2.38. The standard InChI is InChI=1S/C21H26N4O3/c1-4-22-21(28)15-7-5-8-16(11-15)23-13-19(26)24-17-9-6-10-18(12-17)25-20(27)14(2)3/h5-12,14,23H,4,13H2,1-3H3,(H,22,28)(H,24,26)(H,25,27). The Labute approximate surface area is 164 Å². The second kappa shape index (κ2) is 10.1. The van der Waals surface area contributed by atoms with Gasteiger partial charge in [-0.1, -0.05) is 26.0 Å². The Balaban J connectivity index is 1.92. The van der Waals surface area contributed by atoms with E-state index in [0.29, 0.717) is 29.2 Å². The van der Waals surface area contributed by atoms with E-state index in [1.807, 2.05) is 20.8 Å². The van der Waals surface area contributed by atoms with Crippen LogP contribution in [0.25, 0.3) is 0 Å². The Morgan fingerprint density at radius 1 is 0.893 bits per heavy atom. The molecule has 148 valence electrons. The molecule has 0 saturated heterocycles. The van der Waals surface area contributed by atoms with Gasteiger partial charge in [0.2, 0.25) is 11.8 Å². The van der Waals surface area contributed by atoms with Crippen molar-refractivity contribution in [1.82, 2.24) is 5.32 Å². The number of benzene rings is 2. The lowest BCUT2D eigenvalue weighted by atomic mass is 10.2. The van der Waals surface area contributed by atoms with Crippen molar-refractivity contribution in [3.8, 4) is 0 Å². The van der Waals surface area contributed by atoms with Crippen LogP contribution in [0.2, 0.25) is 0 Å². The molecule has 28 heavy (non-hydrogen) atoms. The number of anilines is 3. The van der Waals surface area contributed by atoms with Crippen molar-refractivity contribution < 1.29 is 14.4 Å². The molecule has 0 aromatic heterocycles. The minimum Gasteiger partial charge on any atom is -0.376 e. The summed E-state index contributed by atoms with van der Waals surface area (Å²) in [6.45, 7) is 6.08. The first-order chi connectivity index (χ1) is 13.4. The van der Waals surface area contributed by atoms with E-state index < -0.39 is 0 Å². The van der Waals surface area contributed by atoms with E-state index in [9.17, 15) is 14.4 Å². The van der Waals surface area contributed by atoms with E-state index in [1.165, 1.54) is 0 Å². The predicted octanol–water partition coefficient (Wildman–Crippen LogP) is 3.08. The molecule has 0 spiro atoms. The van der Waals surface area contributed by atoms with E-state index in [1.54, 1.807) is 48.5 Å². The van der Waals surface area contributed by atoms with Gasteiger partial charge < -0.3 is 21.3 Å². The van der Waals surface area contributed by atoms with E-state index >= 15 is 0 Å². The van der Waals surface area contributed by atoms with Crippen molar-refractivity contribution in [2.24, 2.45) is 5.92 Å². The van der Waals surface area contributed by atoms with Crippen LogP contribution in [0.5, 0.6) is 0 Å². The van der Waals surface area contributed by atoms with E-state index in [0.717, 1.165) is 0 Å². The van der Waals surface area contributed by atoms with Gasteiger partial charge in [0.05, 0.1) is 6.54 Å². The molecule has 7 nitrogen and oxygen atoms in total. The van der Waals surface area contributed by atoms with Crippen molar-refractivity contribution in [3.05, 3.63) is 54.1 Å². The minimum atomic E-state index is -0.240. The molecule has 2 aromatic rings.